The van der Waals surface area contributed by atoms with Crippen LogP contribution in [0.5, 0.6) is 5.75 Å². The minimum atomic E-state index is -2.70. The Hall–Kier alpha value is -3.58. The van der Waals surface area contributed by atoms with Gasteiger partial charge in [0.05, 0.1) is 49.6 Å². The Kier molecular flexibility index (Phi) is 12.7. The lowest BCUT2D eigenvalue weighted by Gasteiger charge is -2.37. The van der Waals surface area contributed by atoms with E-state index < -0.39 is 8.32 Å². The summed E-state index contributed by atoms with van der Waals surface area (Å²) in [4.78, 5) is 42.8. The molecule has 6 rings (SSSR count). The lowest BCUT2D eigenvalue weighted by Crippen LogP contribution is -2.49. The van der Waals surface area contributed by atoms with Crippen molar-refractivity contribution in [2.24, 2.45) is 5.92 Å². The van der Waals surface area contributed by atoms with Gasteiger partial charge in [0.2, 0.25) is 11.8 Å². The van der Waals surface area contributed by atoms with Gasteiger partial charge in [0.15, 0.2) is 8.32 Å². The van der Waals surface area contributed by atoms with Crippen LogP contribution in [0.25, 0.3) is 0 Å². The summed E-state index contributed by atoms with van der Waals surface area (Å²) < 4.78 is 12.5. The highest BCUT2D eigenvalue weighted by Crippen LogP contribution is 2.46. The number of amides is 2. The van der Waals surface area contributed by atoms with Crippen LogP contribution in [-0.4, -0.2) is 90.7 Å². The van der Waals surface area contributed by atoms with E-state index in [2.05, 4.69) is 30.4 Å². The lowest BCUT2D eigenvalue weighted by molar-refractivity contribution is -0.138. The molecule has 0 radical (unpaired) electrons. The van der Waals surface area contributed by atoms with Gasteiger partial charge < -0.3 is 34.7 Å². The zero-order chi connectivity index (χ0) is 37.7. The molecule has 3 aliphatic heterocycles. The van der Waals surface area contributed by atoms with E-state index in [9.17, 15) is 24.6 Å². The van der Waals surface area contributed by atoms with Crippen molar-refractivity contribution >= 4 is 31.5 Å². The number of aliphatic hydroxyl groups excluding tert-OH is 2. The largest absolute Gasteiger partial charge is 0.494 e. The normalized spacial score (nSPS) is 24.2. The van der Waals surface area contributed by atoms with Crippen molar-refractivity contribution in [2.75, 3.05) is 31.3 Å². The molecule has 3 aliphatic rings. The quantitative estimate of drug-likeness (QED) is 0.122. The van der Waals surface area contributed by atoms with Crippen LogP contribution in [0.1, 0.15) is 61.8 Å². The number of carbonyl (C=O) groups excluding carboxylic acids is 2. The minimum Gasteiger partial charge on any atom is -0.494 e. The zero-order valence-corrected chi connectivity index (χ0v) is 32.7. The molecule has 3 aromatic carbocycles. The van der Waals surface area contributed by atoms with Crippen molar-refractivity contribution in [3.63, 3.8) is 0 Å². The van der Waals surface area contributed by atoms with Gasteiger partial charge in [-0.1, -0.05) is 43.3 Å². The fourth-order valence-corrected chi connectivity index (χ4v) is 11.4. The van der Waals surface area contributed by atoms with Crippen molar-refractivity contribution in [1.82, 2.24) is 10.2 Å². The standard InChI is InChI=1S/C42H57N3O7Si/c1-5-51-35-17-18-37-32(23-35)24-36(43-20-8-9-21-46)42(49)45(37)33-15-12-29(13-16-33)14-19-38-28(2)41(53(3,4)50)39(52-38)25-40(48)44-26-31-11-7-6-10-30(31)22-34(44)27-47/h6-7,10-13,15-18,23,28,34,36,38-39,41,43,46-47,50H,5,8-9,14,19-22,24-27H2,1-4H3/t28-,34+,36?,38+,39-,41+/m1/s1. The Balaban J connectivity index is 1.13. The van der Waals surface area contributed by atoms with Crippen LogP contribution >= 0.6 is 0 Å². The second kappa shape index (κ2) is 17.3. The number of nitrogens with zero attached hydrogens (tertiary/aromatic N) is 2. The molecular formula is C42H57N3O7Si. The number of nitrogens with one attached hydrogen (secondary N) is 1. The van der Waals surface area contributed by atoms with Gasteiger partial charge in [-0.25, -0.2) is 0 Å². The fraction of sp³-hybridized carbons (Fsp3) is 0.524. The monoisotopic (exact) mass is 743 g/mol. The van der Waals surface area contributed by atoms with E-state index in [1.807, 2.05) is 68.5 Å². The smallest absolute Gasteiger partial charge is 0.249 e. The Morgan fingerprint density at radius 1 is 0.981 bits per heavy atom. The van der Waals surface area contributed by atoms with E-state index >= 15 is 0 Å². The van der Waals surface area contributed by atoms with Gasteiger partial charge in [-0.15, -0.1) is 0 Å². The average Bonchev–Trinajstić information content (AvgIpc) is 3.47. The van der Waals surface area contributed by atoms with E-state index in [0.717, 1.165) is 53.1 Å². The Morgan fingerprint density at radius 3 is 2.43 bits per heavy atom. The van der Waals surface area contributed by atoms with E-state index in [1.54, 1.807) is 9.80 Å². The number of ether oxygens (including phenoxy) is 2. The van der Waals surface area contributed by atoms with E-state index in [-0.39, 0.29) is 67.2 Å². The molecule has 0 aliphatic carbocycles. The topological polar surface area (TPSA) is 132 Å². The molecule has 3 heterocycles. The van der Waals surface area contributed by atoms with Gasteiger partial charge in [0, 0.05) is 24.4 Å². The molecule has 0 saturated carbocycles. The van der Waals surface area contributed by atoms with Crippen LogP contribution in [0.15, 0.2) is 66.7 Å². The number of aryl methyl sites for hydroxylation is 1. The highest BCUT2D eigenvalue weighted by Gasteiger charge is 2.50. The molecule has 1 unspecified atom stereocenters. The summed E-state index contributed by atoms with van der Waals surface area (Å²) in [5, 5.41) is 22.8. The number of anilines is 2. The molecule has 6 atom stereocenters. The summed E-state index contributed by atoms with van der Waals surface area (Å²) in [7, 11) is -2.70. The van der Waals surface area contributed by atoms with Crippen LogP contribution in [0, 0.1) is 5.92 Å². The Labute approximate surface area is 315 Å². The summed E-state index contributed by atoms with van der Waals surface area (Å²) in [5.74, 6) is 0.820. The first kappa shape index (κ1) is 39.1. The van der Waals surface area contributed by atoms with Gasteiger partial charge >= 0.3 is 0 Å². The molecule has 10 nitrogen and oxygen atoms in total. The summed E-state index contributed by atoms with van der Waals surface area (Å²) >= 11 is 0. The van der Waals surface area contributed by atoms with Gasteiger partial charge in [-0.05, 0) is 124 Å². The number of aliphatic hydroxyl groups is 2. The third-order valence-corrected chi connectivity index (χ3v) is 13.9. The van der Waals surface area contributed by atoms with Crippen LogP contribution < -0.4 is 15.0 Å². The predicted molar refractivity (Wildman–Crippen MR) is 209 cm³/mol. The van der Waals surface area contributed by atoms with Gasteiger partial charge in [0.25, 0.3) is 0 Å². The summed E-state index contributed by atoms with van der Waals surface area (Å²) in [6.07, 6.45) is 3.86. The van der Waals surface area contributed by atoms with E-state index in [4.69, 9.17) is 9.47 Å². The zero-order valence-electron chi connectivity index (χ0n) is 31.7. The van der Waals surface area contributed by atoms with Crippen molar-refractivity contribution in [2.45, 2.75) is 108 Å². The van der Waals surface area contributed by atoms with Crippen molar-refractivity contribution in [3.05, 3.63) is 89.0 Å². The van der Waals surface area contributed by atoms with Gasteiger partial charge in [-0.3, -0.25) is 14.5 Å². The third kappa shape index (κ3) is 8.87. The lowest BCUT2D eigenvalue weighted by atomic mass is 9.93. The third-order valence-electron chi connectivity index (χ3n) is 11.4. The molecule has 286 valence electrons. The Bertz CT molecular complexity index is 1710. The number of fused-ring (bicyclic) bond motifs is 2. The molecule has 53 heavy (non-hydrogen) atoms. The maximum atomic E-state index is 13.9. The van der Waals surface area contributed by atoms with Gasteiger partial charge in [0.1, 0.15) is 5.75 Å². The van der Waals surface area contributed by atoms with Crippen LogP contribution in [0.4, 0.5) is 11.4 Å². The SMILES string of the molecule is CCOc1ccc2c(c1)CC(NCCCCO)C(=O)N2c1ccc(CC[C@@H]2O[C@H](CC(=O)N3Cc4ccccc4C[C@H]3CO)[C@@H]([Si](C)(C)O)[C@@H]2C)cc1. The van der Waals surface area contributed by atoms with Crippen LogP contribution in [0.3, 0.4) is 0 Å². The van der Waals surface area contributed by atoms with E-state index in [1.165, 1.54) is 5.56 Å². The first-order valence-electron chi connectivity index (χ1n) is 19.4. The number of unbranched alkanes of at least 4 members (excludes halogenated alkanes) is 1. The van der Waals surface area contributed by atoms with Crippen LogP contribution in [0.2, 0.25) is 18.6 Å². The molecule has 0 spiro atoms. The molecule has 1 saturated heterocycles. The number of benzene rings is 3. The summed E-state index contributed by atoms with van der Waals surface area (Å²) in [5.41, 5.74) is 6.00. The number of rotatable bonds is 15. The van der Waals surface area contributed by atoms with Crippen LogP contribution in [-0.2, 0) is 40.1 Å². The number of hydrogen-bond acceptors (Lipinski definition) is 8. The molecule has 4 N–H and O–H groups in total. The fourth-order valence-electron chi connectivity index (χ4n) is 8.78. The first-order chi connectivity index (χ1) is 25.5. The molecule has 0 bridgehead atoms. The number of carbonyl (C=O) groups is 2. The Morgan fingerprint density at radius 2 is 1.74 bits per heavy atom. The molecule has 3 aromatic rings. The van der Waals surface area contributed by atoms with Crippen molar-refractivity contribution < 1.29 is 34.1 Å². The maximum Gasteiger partial charge on any atom is 0.249 e. The summed E-state index contributed by atoms with van der Waals surface area (Å²) in [6.45, 7) is 9.70. The maximum absolute atomic E-state index is 13.9. The minimum absolute atomic E-state index is 0.00641. The second-order valence-corrected chi connectivity index (χ2v) is 19.5. The second-order valence-electron chi connectivity index (χ2n) is 15.5. The van der Waals surface area contributed by atoms with Crippen molar-refractivity contribution in [3.8, 4) is 5.75 Å². The summed E-state index contributed by atoms with van der Waals surface area (Å²) in [6, 6.07) is 21.5. The molecule has 11 heteroatoms. The predicted octanol–water partition coefficient (Wildman–Crippen LogP) is 5.28. The highest BCUT2D eigenvalue weighted by atomic mass is 28.4. The molecule has 2 amide bonds. The van der Waals surface area contributed by atoms with Gasteiger partial charge in [-0.2, -0.15) is 0 Å². The van der Waals surface area contributed by atoms with Crippen molar-refractivity contribution in [1.29, 1.82) is 0 Å². The first-order valence-corrected chi connectivity index (χ1v) is 22.4. The number of hydrogen-bond donors (Lipinski definition) is 4. The van der Waals surface area contributed by atoms with E-state index in [0.29, 0.717) is 39.0 Å². The highest BCUT2D eigenvalue weighted by molar-refractivity contribution is 6.71. The molecule has 1 fully saturated rings. The average molecular weight is 744 g/mol. The molecule has 0 aromatic heterocycles. The molecular weight excluding hydrogens is 687 g/mol.